The Kier molecular flexibility index (Phi) is 5.56. The molecule has 0 spiro atoms. The minimum atomic E-state index is -0.853. The van der Waals surface area contributed by atoms with E-state index in [9.17, 15) is 9.59 Å². The Labute approximate surface area is 161 Å². The first-order chi connectivity index (χ1) is 13.5. The Morgan fingerprint density at radius 3 is 2.64 bits per heavy atom. The van der Waals surface area contributed by atoms with Gasteiger partial charge in [-0.2, -0.15) is 10.4 Å². The second-order valence-electron chi connectivity index (χ2n) is 6.22. The van der Waals surface area contributed by atoms with Gasteiger partial charge in [0, 0.05) is 12.2 Å². The van der Waals surface area contributed by atoms with E-state index in [1.807, 2.05) is 26.0 Å². The first-order valence-electron chi connectivity index (χ1n) is 8.64. The fraction of sp³-hybridized carbons (Fsp3) is 0.200. The lowest BCUT2D eigenvalue weighted by molar-refractivity contribution is -0.136. The van der Waals surface area contributed by atoms with Crippen molar-refractivity contribution in [3.05, 3.63) is 71.4 Å². The molecule has 0 aliphatic heterocycles. The van der Waals surface area contributed by atoms with Gasteiger partial charge in [0.15, 0.2) is 0 Å². The Morgan fingerprint density at radius 1 is 1.21 bits per heavy atom. The normalized spacial score (nSPS) is 11.5. The van der Waals surface area contributed by atoms with Gasteiger partial charge >= 0.3 is 11.8 Å². The number of nitriles is 1. The number of aryl methyl sites for hydroxylation is 2. The van der Waals surface area contributed by atoms with Gasteiger partial charge < -0.3 is 15.1 Å². The molecule has 8 nitrogen and oxygen atoms in total. The van der Waals surface area contributed by atoms with E-state index in [2.05, 4.69) is 15.7 Å². The third-order valence-electron chi connectivity index (χ3n) is 4.17. The molecule has 0 saturated heterocycles. The van der Waals surface area contributed by atoms with Crippen LogP contribution in [0.3, 0.4) is 0 Å². The first kappa shape index (κ1) is 18.9. The van der Waals surface area contributed by atoms with E-state index in [1.54, 1.807) is 47.3 Å². The van der Waals surface area contributed by atoms with E-state index in [0.29, 0.717) is 5.76 Å². The third-order valence-corrected chi connectivity index (χ3v) is 4.17. The number of hydrogen-bond donors (Lipinski definition) is 2. The van der Waals surface area contributed by atoms with E-state index in [0.717, 1.165) is 11.4 Å². The summed E-state index contributed by atoms with van der Waals surface area (Å²) in [7, 11) is 0. The number of furan rings is 1. The quantitative estimate of drug-likeness (QED) is 0.663. The molecule has 2 amide bonds. The van der Waals surface area contributed by atoms with Crippen LogP contribution in [0.25, 0.3) is 0 Å². The van der Waals surface area contributed by atoms with Crippen LogP contribution in [0.1, 0.15) is 28.8 Å². The van der Waals surface area contributed by atoms with Crippen LogP contribution in [0.15, 0.2) is 53.1 Å². The zero-order chi connectivity index (χ0) is 20.1. The van der Waals surface area contributed by atoms with Crippen molar-refractivity contribution in [2.75, 3.05) is 11.9 Å². The number of carbonyl (C=O) groups excluding carboxylic acids is 2. The summed E-state index contributed by atoms with van der Waals surface area (Å²) in [5.74, 6) is -1.05. The topological polar surface area (TPSA) is 113 Å². The maximum absolute atomic E-state index is 12.3. The number of nitrogens with zero attached hydrogens (tertiary/aromatic N) is 3. The van der Waals surface area contributed by atoms with Crippen molar-refractivity contribution in [2.45, 2.75) is 19.9 Å². The molecular weight excluding hydrogens is 358 g/mol. The molecule has 3 aromatic rings. The Bertz CT molecular complexity index is 1030. The van der Waals surface area contributed by atoms with Gasteiger partial charge in [-0.1, -0.05) is 12.1 Å². The van der Waals surface area contributed by atoms with E-state index in [4.69, 9.17) is 9.68 Å². The van der Waals surface area contributed by atoms with Crippen molar-refractivity contribution in [3.63, 3.8) is 0 Å². The van der Waals surface area contributed by atoms with Crippen LogP contribution in [0.5, 0.6) is 0 Å². The fourth-order valence-electron chi connectivity index (χ4n) is 2.89. The van der Waals surface area contributed by atoms with Crippen molar-refractivity contribution in [1.82, 2.24) is 15.1 Å². The van der Waals surface area contributed by atoms with Crippen LogP contribution < -0.4 is 10.6 Å². The lowest BCUT2D eigenvalue weighted by atomic mass is 10.2. The van der Waals surface area contributed by atoms with Crippen molar-refractivity contribution in [2.24, 2.45) is 0 Å². The van der Waals surface area contributed by atoms with Crippen LogP contribution in [0, 0.1) is 25.2 Å². The lowest BCUT2D eigenvalue weighted by Gasteiger charge is -2.18. The Morgan fingerprint density at radius 2 is 2.00 bits per heavy atom. The molecule has 3 rings (SSSR count). The van der Waals surface area contributed by atoms with Crippen LogP contribution in [0.2, 0.25) is 0 Å². The first-order valence-corrected chi connectivity index (χ1v) is 8.64. The summed E-state index contributed by atoms with van der Waals surface area (Å²) < 4.78 is 7.23. The standard InChI is InChI=1S/C20H19N5O3/c1-13-10-14(2)25(24-13)17(18-8-5-9-28-18)12-22-19(26)20(27)23-16-7-4-3-6-15(16)11-21/h3-10,17H,12H2,1-2H3,(H,22,26)(H,23,27). The number of aromatic nitrogens is 2. The maximum atomic E-state index is 12.3. The minimum Gasteiger partial charge on any atom is -0.467 e. The van der Waals surface area contributed by atoms with E-state index in [1.165, 1.54) is 0 Å². The highest BCUT2D eigenvalue weighted by atomic mass is 16.3. The number of hydrogen-bond acceptors (Lipinski definition) is 5. The van der Waals surface area contributed by atoms with E-state index >= 15 is 0 Å². The molecule has 2 N–H and O–H groups in total. The van der Waals surface area contributed by atoms with Gasteiger partial charge in [-0.25, -0.2) is 0 Å². The van der Waals surface area contributed by atoms with Crippen LogP contribution >= 0.6 is 0 Å². The zero-order valence-electron chi connectivity index (χ0n) is 15.5. The monoisotopic (exact) mass is 377 g/mol. The fourth-order valence-corrected chi connectivity index (χ4v) is 2.89. The summed E-state index contributed by atoms with van der Waals surface area (Å²) in [6, 6.07) is 13.5. The van der Waals surface area contributed by atoms with Gasteiger partial charge in [0.05, 0.1) is 23.2 Å². The molecule has 28 heavy (non-hydrogen) atoms. The molecule has 0 aliphatic carbocycles. The van der Waals surface area contributed by atoms with Crippen molar-refractivity contribution in [1.29, 1.82) is 5.26 Å². The molecule has 1 atom stereocenters. The average molecular weight is 377 g/mol. The zero-order valence-corrected chi connectivity index (χ0v) is 15.5. The molecule has 0 fully saturated rings. The van der Waals surface area contributed by atoms with E-state index in [-0.39, 0.29) is 17.8 Å². The second-order valence-corrected chi connectivity index (χ2v) is 6.22. The van der Waals surface area contributed by atoms with Crippen LogP contribution in [-0.2, 0) is 9.59 Å². The number of anilines is 1. The van der Waals surface area contributed by atoms with Gasteiger partial charge in [-0.15, -0.1) is 0 Å². The van der Waals surface area contributed by atoms with Crippen LogP contribution in [0.4, 0.5) is 5.69 Å². The summed E-state index contributed by atoms with van der Waals surface area (Å²) in [6.07, 6.45) is 1.54. The number of amides is 2. The van der Waals surface area contributed by atoms with Gasteiger partial charge in [-0.3, -0.25) is 14.3 Å². The number of rotatable bonds is 5. The molecule has 0 radical (unpaired) electrons. The Balaban J connectivity index is 1.71. The molecule has 8 heteroatoms. The van der Waals surface area contributed by atoms with E-state index < -0.39 is 17.9 Å². The highest BCUT2D eigenvalue weighted by Crippen LogP contribution is 2.20. The van der Waals surface area contributed by atoms with Crippen molar-refractivity contribution < 1.29 is 14.0 Å². The maximum Gasteiger partial charge on any atom is 0.313 e. The predicted octanol–water partition coefficient (Wildman–Crippen LogP) is 2.31. The van der Waals surface area contributed by atoms with Gasteiger partial charge in [0.2, 0.25) is 0 Å². The highest BCUT2D eigenvalue weighted by molar-refractivity contribution is 6.39. The molecule has 2 aromatic heterocycles. The molecule has 2 heterocycles. The number of carbonyl (C=O) groups is 2. The van der Waals surface area contributed by atoms with Crippen molar-refractivity contribution in [3.8, 4) is 6.07 Å². The molecule has 0 bridgehead atoms. The molecule has 1 aromatic carbocycles. The summed E-state index contributed by atoms with van der Waals surface area (Å²) in [5.41, 5.74) is 2.30. The number of nitrogens with one attached hydrogen (secondary N) is 2. The molecular formula is C20H19N5O3. The third kappa shape index (κ3) is 4.10. The number of para-hydroxylation sites is 1. The molecule has 0 aliphatic rings. The lowest BCUT2D eigenvalue weighted by Crippen LogP contribution is -2.39. The van der Waals surface area contributed by atoms with Gasteiger partial charge in [0.1, 0.15) is 17.9 Å². The minimum absolute atomic E-state index is 0.113. The SMILES string of the molecule is Cc1cc(C)n(C(CNC(=O)C(=O)Nc2ccccc2C#N)c2ccco2)n1. The molecule has 0 saturated carbocycles. The summed E-state index contributed by atoms with van der Waals surface area (Å²) in [4.78, 5) is 24.5. The molecule has 1 unspecified atom stereocenters. The summed E-state index contributed by atoms with van der Waals surface area (Å²) >= 11 is 0. The smallest absolute Gasteiger partial charge is 0.313 e. The van der Waals surface area contributed by atoms with Crippen LogP contribution in [-0.4, -0.2) is 28.1 Å². The number of benzene rings is 1. The largest absolute Gasteiger partial charge is 0.467 e. The summed E-state index contributed by atoms with van der Waals surface area (Å²) in [5, 5.41) is 18.6. The summed E-state index contributed by atoms with van der Waals surface area (Å²) in [6.45, 7) is 3.90. The van der Waals surface area contributed by atoms with Gasteiger partial charge in [-0.05, 0) is 44.2 Å². The van der Waals surface area contributed by atoms with Gasteiger partial charge in [0.25, 0.3) is 0 Å². The highest BCUT2D eigenvalue weighted by Gasteiger charge is 2.23. The average Bonchev–Trinajstić information content (AvgIpc) is 3.32. The second kappa shape index (κ2) is 8.22. The predicted molar refractivity (Wildman–Crippen MR) is 101 cm³/mol. The van der Waals surface area contributed by atoms with Crippen molar-refractivity contribution >= 4 is 17.5 Å². The molecule has 142 valence electrons. The Hall–Kier alpha value is -3.86.